The van der Waals surface area contributed by atoms with Crippen LogP contribution in [0.1, 0.15) is 117 Å². The number of carbonyl (C=O) groups excluding carboxylic acids is 1. The van der Waals surface area contributed by atoms with E-state index in [1.807, 2.05) is 0 Å². The number of carbonyl (C=O) groups is 1. The quantitative estimate of drug-likeness (QED) is 0.341. The number of quaternary nitrogens is 1. The monoisotopic (exact) mass is 359 g/mol. The Morgan fingerprint density at radius 2 is 1.20 bits per heavy atom. The number of hydrogen-bond acceptors (Lipinski definition) is 3. The molecule has 0 spiro atoms. The van der Waals surface area contributed by atoms with Gasteiger partial charge in [-0.3, -0.25) is 0 Å². The van der Waals surface area contributed by atoms with Crippen molar-refractivity contribution < 1.29 is 15.0 Å². The highest BCUT2D eigenvalue weighted by Crippen LogP contribution is 2.29. The first kappa shape index (κ1) is 26.6. The van der Waals surface area contributed by atoms with Crippen LogP contribution in [0, 0.1) is 5.92 Å². The van der Waals surface area contributed by atoms with Crippen molar-refractivity contribution in [1.29, 1.82) is 0 Å². The molecule has 0 bridgehead atoms. The molecule has 0 radical (unpaired) electrons. The van der Waals surface area contributed by atoms with Gasteiger partial charge >= 0.3 is 0 Å². The lowest BCUT2D eigenvalue weighted by Crippen LogP contribution is -2.38. The van der Waals surface area contributed by atoms with E-state index in [2.05, 4.69) is 13.8 Å². The van der Waals surface area contributed by atoms with Crippen LogP contribution in [0.25, 0.3) is 0 Å². The topological polar surface area (TPSA) is 96.9 Å². The van der Waals surface area contributed by atoms with Crippen LogP contribution < -0.4 is 11.3 Å². The Kier molecular flexibility index (Phi) is 17.9. The third-order valence-electron chi connectivity index (χ3n) is 5.08. The Morgan fingerprint density at radius 3 is 1.56 bits per heavy atom. The number of rotatable bonds is 17. The van der Waals surface area contributed by atoms with Gasteiger partial charge in [0.2, 0.25) is 0 Å². The van der Waals surface area contributed by atoms with Crippen molar-refractivity contribution in [2.75, 3.05) is 0 Å². The van der Waals surface area contributed by atoms with Crippen LogP contribution in [0.4, 0.5) is 0 Å². The molecule has 0 aliphatic rings. The average molecular weight is 360 g/mol. The van der Waals surface area contributed by atoms with Crippen LogP contribution in [0.2, 0.25) is 0 Å². The molecular formula is C21H45NO3. The Morgan fingerprint density at radius 1 is 0.840 bits per heavy atom. The van der Waals surface area contributed by atoms with E-state index < -0.39 is 17.5 Å². The van der Waals surface area contributed by atoms with E-state index in [4.69, 9.17) is 0 Å². The molecule has 152 valence electrons. The fourth-order valence-corrected chi connectivity index (χ4v) is 3.45. The molecule has 0 aromatic heterocycles. The summed E-state index contributed by atoms with van der Waals surface area (Å²) in [6, 6.07) is 0. The van der Waals surface area contributed by atoms with Gasteiger partial charge in [0.05, 0.1) is 5.60 Å². The van der Waals surface area contributed by atoms with Crippen molar-refractivity contribution in [3.8, 4) is 0 Å². The molecule has 0 aromatic carbocycles. The molecule has 1 atom stereocenters. The van der Waals surface area contributed by atoms with Crippen LogP contribution in [-0.2, 0) is 4.79 Å². The Labute approximate surface area is 156 Å². The molecule has 0 aliphatic heterocycles. The van der Waals surface area contributed by atoms with Crippen molar-refractivity contribution in [3.63, 3.8) is 0 Å². The molecule has 0 fully saturated rings. The Balaban J connectivity index is 0. The smallest absolute Gasteiger partial charge is 0.0654 e. The van der Waals surface area contributed by atoms with Crippen molar-refractivity contribution >= 4 is 5.97 Å². The van der Waals surface area contributed by atoms with Gasteiger partial charge in [-0.1, -0.05) is 97.8 Å². The van der Waals surface area contributed by atoms with Crippen molar-refractivity contribution in [2.45, 2.75) is 123 Å². The van der Waals surface area contributed by atoms with Crippen molar-refractivity contribution in [3.05, 3.63) is 0 Å². The molecule has 1 unspecified atom stereocenters. The van der Waals surface area contributed by atoms with Crippen LogP contribution in [0.15, 0.2) is 0 Å². The van der Waals surface area contributed by atoms with Gasteiger partial charge in [-0.05, 0) is 25.2 Å². The minimum atomic E-state index is -1.04. The molecule has 0 saturated carbocycles. The van der Waals surface area contributed by atoms with Gasteiger partial charge in [-0.15, -0.1) is 0 Å². The second-order valence-corrected chi connectivity index (χ2v) is 7.68. The van der Waals surface area contributed by atoms with E-state index in [1.165, 1.54) is 51.4 Å². The third kappa shape index (κ3) is 15.4. The highest BCUT2D eigenvalue weighted by molar-refractivity contribution is 5.67. The number of aliphatic hydroxyl groups is 1. The molecule has 4 heteroatoms. The van der Waals surface area contributed by atoms with Crippen LogP contribution in [0.3, 0.4) is 0 Å². The summed E-state index contributed by atoms with van der Waals surface area (Å²) in [7, 11) is 0. The lowest BCUT2D eigenvalue weighted by Gasteiger charge is -2.31. The highest BCUT2D eigenvalue weighted by Gasteiger charge is 2.28. The fourth-order valence-electron chi connectivity index (χ4n) is 3.45. The first-order valence-corrected chi connectivity index (χ1v) is 10.4. The zero-order valence-electron chi connectivity index (χ0n) is 17.4. The summed E-state index contributed by atoms with van der Waals surface area (Å²) in [6.45, 7) is 6.07. The molecule has 0 aromatic rings. The molecule has 25 heavy (non-hydrogen) atoms. The first-order valence-electron chi connectivity index (χ1n) is 10.4. The minimum absolute atomic E-state index is 0. The minimum Gasteiger partial charge on any atom is -0.550 e. The fraction of sp³-hybridized carbons (Fsp3) is 0.952. The zero-order chi connectivity index (χ0) is 18.3. The molecule has 0 heterocycles. The maximum absolute atomic E-state index is 11.1. The first-order chi connectivity index (χ1) is 11.4. The van der Waals surface area contributed by atoms with E-state index in [-0.39, 0.29) is 6.15 Å². The maximum Gasteiger partial charge on any atom is 0.0654 e. The van der Waals surface area contributed by atoms with E-state index in [1.54, 1.807) is 6.92 Å². The summed E-state index contributed by atoms with van der Waals surface area (Å²) >= 11 is 0. The predicted octanol–water partition coefficient (Wildman–Crippen LogP) is 5.37. The SMILES string of the molecule is CCCCCCCCC(O)(CCCCCCCC)CC(C)C(=O)[O-].[NH4+]. The van der Waals surface area contributed by atoms with Gasteiger partial charge in [-0.2, -0.15) is 0 Å². The van der Waals surface area contributed by atoms with E-state index in [9.17, 15) is 15.0 Å². The van der Waals surface area contributed by atoms with E-state index in [0.717, 1.165) is 38.5 Å². The lowest BCUT2D eigenvalue weighted by atomic mass is 9.82. The average Bonchev–Trinajstić information content (AvgIpc) is 2.54. The molecule has 0 aliphatic carbocycles. The van der Waals surface area contributed by atoms with Crippen molar-refractivity contribution in [1.82, 2.24) is 6.15 Å². The van der Waals surface area contributed by atoms with E-state index in [0.29, 0.717) is 6.42 Å². The molecule has 4 nitrogen and oxygen atoms in total. The number of hydrogen-bond donors (Lipinski definition) is 2. The summed E-state index contributed by atoms with van der Waals surface area (Å²) in [5.41, 5.74) is -0.824. The normalized spacial score (nSPS) is 12.6. The third-order valence-corrected chi connectivity index (χ3v) is 5.08. The van der Waals surface area contributed by atoms with Gasteiger partial charge < -0.3 is 21.2 Å². The van der Waals surface area contributed by atoms with Gasteiger partial charge in [0.25, 0.3) is 0 Å². The highest BCUT2D eigenvalue weighted by atomic mass is 16.4. The predicted molar refractivity (Wildman–Crippen MR) is 106 cm³/mol. The van der Waals surface area contributed by atoms with Crippen LogP contribution in [0.5, 0.6) is 0 Å². The zero-order valence-corrected chi connectivity index (χ0v) is 17.4. The number of carboxylic acids is 1. The summed E-state index contributed by atoms with van der Waals surface area (Å²) < 4.78 is 0. The largest absolute Gasteiger partial charge is 0.550 e. The van der Waals surface area contributed by atoms with Crippen molar-refractivity contribution in [2.24, 2.45) is 5.92 Å². The number of aliphatic carboxylic acids is 1. The summed E-state index contributed by atoms with van der Waals surface area (Å²) in [5, 5.41) is 22.0. The summed E-state index contributed by atoms with van der Waals surface area (Å²) in [5.74, 6) is -1.62. The van der Waals surface area contributed by atoms with Gasteiger partial charge in [0, 0.05) is 5.97 Å². The van der Waals surface area contributed by atoms with Crippen LogP contribution in [-0.4, -0.2) is 16.7 Å². The lowest BCUT2D eigenvalue weighted by molar-refractivity contribution is -0.312. The maximum atomic E-state index is 11.1. The van der Waals surface area contributed by atoms with Gasteiger partial charge in [0.1, 0.15) is 0 Å². The summed E-state index contributed by atoms with van der Waals surface area (Å²) in [4.78, 5) is 11.1. The molecule has 0 amide bonds. The molecule has 0 rings (SSSR count). The van der Waals surface area contributed by atoms with E-state index >= 15 is 0 Å². The second-order valence-electron chi connectivity index (χ2n) is 7.68. The number of carboxylic acid groups (broad SMARTS) is 1. The molecule has 0 saturated heterocycles. The molecular weight excluding hydrogens is 314 g/mol. The van der Waals surface area contributed by atoms with Gasteiger partial charge in [-0.25, -0.2) is 0 Å². The van der Waals surface area contributed by atoms with Crippen LogP contribution >= 0.6 is 0 Å². The summed E-state index contributed by atoms with van der Waals surface area (Å²) in [6.07, 6.45) is 16.1. The number of unbranched alkanes of at least 4 members (excludes halogenated alkanes) is 10. The van der Waals surface area contributed by atoms with Gasteiger partial charge in [0.15, 0.2) is 0 Å². The second kappa shape index (κ2) is 16.8. The molecule has 5 N–H and O–H groups in total. The Hall–Kier alpha value is -0.610. The Bertz CT molecular complexity index is 292. The standard InChI is InChI=1S/C21H42O3.H3N/c1-4-6-8-10-12-14-16-21(24,18-19(3)20(22)23)17-15-13-11-9-7-5-2;/h19,24H,4-18H2,1-3H3,(H,22,23);1H3.